The maximum atomic E-state index is 5.96. The third-order valence-electron chi connectivity index (χ3n) is 4.02. The number of anilines is 3. The van der Waals surface area contributed by atoms with Crippen LogP contribution in [0.25, 0.3) is 5.69 Å². The minimum atomic E-state index is 0.163. The first-order chi connectivity index (χ1) is 14.5. The summed E-state index contributed by atoms with van der Waals surface area (Å²) in [6.07, 6.45) is 0. The van der Waals surface area contributed by atoms with Gasteiger partial charge in [-0.2, -0.15) is 15.0 Å². The molecule has 0 fully saturated rings. The first kappa shape index (κ1) is 20.7. The van der Waals surface area contributed by atoms with E-state index < -0.39 is 0 Å². The number of aromatic nitrogens is 5. The summed E-state index contributed by atoms with van der Waals surface area (Å²) in [5, 5.41) is 8.44. The maximum Gasteiger partial charge on any atom is 0.232 e. The van der Waals surface area contributed by atoms with Crippen LogP contribution in [0, 0.1) is 10.9 Å². The fourth-order valence-corrected chi connectivity index (χ4v) is 4.93. The van der Waals surface area contributed by atoms with E-state index in [2.05, 4.69) is 25.4 Å². The number of nitrogens with one attached hydrogen (secondary N) is 1. The third-order valence-corrected chi connectivity index (χ3v) is 6.63. The molecule has 2 aromatic carbocycles. The van der Waals surface area contributed by atoms with Crippen molar-refractivity contribution in [1.29, 1.82) is 0 Å². The van der Waals surface area contributed by atoms with E-state index in [0.717, 1.165) is 21.3 Å². The summed E-state index contributed by atoms with van der Waals surface area (Å²) >= 11 is 14.3. The summed E-state index contributed by atoms with van der Waals surface area (Å²) < 4.78 is 3.17. The van der Waals surface area contributed by atoms with Crippen molar-refractivity contribution in [2.24, 2.45) is 0 Å². The van der Waals surface area contributed by atoms with Crippen LogP contribution >= 0.6 is 46.9 Å². The topological polar surface area (TPSA) is 94.5 Å². The number of nitrogens with two attached hydrogens (primary N) is 1. The van der Waals surface area contributed by atoms with Gasteiger partial charge in [-0.25, -0.2) is 4.68 Å². The molecular weight excluding hydrogens is 458 g/mol. The monoisotopic (exact) mass is 473 g/mol. The Morgan fingerprint density at radius 1 is 1.13 bits per heavy atom. The summed E-state index contributed by atoms with van der Waals surface area (Å²) in [4.78, 5) is 12.9. The zero-order valence-electron chi connectivity index (χ0n) is 15.7. The van der Waals surface area contributed by atoms with Gasteiger partial charge in [-0.1, -0.05) is 52.9 Å². The van der Waals surface area contributed by atoms with Gasteiger partial charge in [0.25, 0.3) is 0 Å². The molecule has 0 radical (unpaired) electrons. The van der Waals surface area contributed by atoms with E-state index in [-0.39, 0.29) is 5.95 Å². The lowest BCUT2D eigenvalue weighted by Crippen LogP contribution is -2.07. The first-order valence-electron chi connectivity index (χ1n) is 8.80. The van der Waals surface area contributed by atoms with Gasteiger partial charge in [0.05, 0.1) is 11.4 Å². The van der Waals surface area contributed by atoms with Crippen molar-refractivity contribution in [2.75, 3.05) is 11.1 Å². The predicted octanol–water partition coefficient (Wildman–Crippen LogP) is 5.43. The molecule has 152 valence electrons. The van der Waals surface area contributed by atoms with Gasteiger partial charge in [0.2, 0.25) is 11.9 Å². The molecule has 7 nitrogen and oxygen atoms in total. The predicted molar refractivity (Wildman–Crippen MR) is 126 cm³/mol. The number of nitrogen functional groups attached to an aromatic ring is 1. The Bertz CT molecular complexity index is 1240. The molecule has 30 heavy (non-hydrogen) atoms. The summed E-state index contributed by atoms with van der Waals surface area (Å²) in [6, 6.07) is 15.3. The van der Waals surface area contributed by atoms with Crippen molar-refractivity contribution in [1.82, 2.24) is 24.7 Å². The lowest BCUT2D eigenvalue weighted by Gasteiger charge is -2.09. The number of benzene rings is 2. The molecule has 0 unspecified atom stereocenters. The van der Waals surface area contributed by atoms with E-state index in [1.165, 1.54) is 23.1 Å². The average molecular weight is 474 g/mol. The molecule has 0 aliphatic heterocycles. The smallest absolute Gasteiger partial charge is 0.232 e. The molecule has 0 saturated carbocycles. The molecule has 2 aromatic heterocycles. The second-order valence-corrected chi connectivity index (χ2v) is 9.47. The highest BCUT2D eigenvalue weighted by Gasteiger charge is 2.10. The van der Waals surface area contributed by atoms with Crippen LogP contribution in [0.1, 0.15) is 11.4 Å². The van der Waals surface area contributed by atoms with Crippen molar-refractivity contribution in [2.45, 2.75) is 17.0 Å². The lowest BCUT2D eigenvalue weighted by atomic mass is 10.2. The number of hydrogen-bond acceptors (Lipinski definition) is 9. The Kier molecular flexibility index (Phi) is 6.28. The van der Waals surface area contributed by atoms with Crippen LogP contribution in [0.4, 0.5) is 17.6 Å². The van der Waals surface area contributed by atoms with Gasteiger partial charge in [-0.3, -0.25) is 0 Å². The Balaban J connectivity index is 1.50. The molecule has 2 heterocycles. The minimum absolute atomic E-state index is 0.163. The van der Waals surface area contributed by atoms with Crippen LogP contribution in [0.15, 0.2) is 52.9 Å². The van der Waals surface area contributed by atoms with E-state index in [0.29, 0.717) is 26.5 Å². The number of halogens is 1. The van der Waals surface area contributed by atoms with Crippen molar-refractivity contribution in [3.63, 3.8) is 0 Å². The molecule has 0 aliphatic rings. The van der Waals surface area contributed by atoms with Gasteiger partial charge in [-0.15, -0.1) is 5.10 Å². The number of nitrogens with zero attached hydrogens (tertiary/aromatic N) is 5. The molecule has 0 aliphatic carbocycles. The van der Waals surface area contributed by atoms with Crippen LogP contribution in [-0.2, 0) is 5.75 Å². The molecule has 0 atom stereocenters. The highest BCUT2D eigenvalue weighted by atomic mass is 35.5. The minimum Gasteiger partial charge on any atom is -0.368 e. The largest absolute Gasteiger partial charge is 0.368 e. The van der Waals surface area contributed by atoms with Crippen molar-refractivity contribution >= 4 is 64.5 Å². The van der Waals surface area contributed by atoms with Crippen LogP contribution in [0.2, 0.25) is 5.02 Å². The first-order valence-corrected chi connectivity index (χ1v) is 11.4. The molecule has 3 N–H and O–H groups in total. The average Bonchev–Trinajstić information content (AvgIpc) is 3.09. The zero-order chi connectivity index (χ0) is 21.1. The number of rotatable bonds is 6. The van der Waals surface area contributed by atoms with E-state index in [9.17, 15) is 0 Å². The van der Waals surface area contributed by atoms with Gasteiger partial charge in [0.1, 0.15) is 5.82 Å². The number of hydrogen-bond donors (Lipinski definition) is 2. The quantitative estimate of drug-likeness (QED) is 0.283. The van der Waals surface area contributed by atoms with Crippen LogP contribution in [-0.4, -0.2) is 24.7 Å². The number of aryl methyl sites for hydroxylation is 1. The SMILES string of the molecule is Cc1ccccc1Nc1nc(N)nc(CSc2nn(-c3ccc(Cl)cc3)c(=S)s2)n1. The highest BCUT2D eigenvalue weighted by molar-refractivity contribution is 8.00. The van der Waals surface area contributed by atoms with Crippen molar-refractivity contribution in [3.05, 3.63) is 68.9 Å². The summed E-state index contributed by atoms with van der Waals surface area (Å²) in [5.41, 5.74) is 8.74. The Morgan fingerprint density at radius 2 is 1.90 bits per heavy atom. The van der Waals surface area contributed by atoms with Gasteiger partial charge >= 0.3 is 0 Å². The Morgan fingerprint density at radius 3 is 2.67 bits per heavy atom. The molecule has 4 rings (SSSR count). The second-order valence-electron chi connectivity index (χ2n) is 6.18. The van der Waals surface area contributed by atoms with Crippen LogP contribution < -0.4 is 11.1 Å². The number of thioether (sulfide) groups is 1. The van der Waals surface area contributed by atoms with Crippen molar-refractivity contribution in [3.8, 4) is 5.69 Å². The van der Waals surface area contributed by atoms with E-state index in [4.69, 9.17) is 29.6 Å². The molecule has 0 spiro atoms. The normalized spacial score (nSPS) is 10.9. The van der Waals surface area contributed by atoms with Crippen molar-refractivity contribution < 1.29 is 0 Å². The molecule has 11 heteroatoms. The molecule has 0 saturated heterocycles. The molecule has 0 bridgehead atoms. The second kappa shape index (κ2) is 9.09. The summed E-state index contributed by atoms with van der Waals surface area (Å²) in [6.45, 7) is 2.01. The van der Waals surface area contributed by atoms with Crippen LogP contribution in [0.3, 0.4) is 0 Å². The molecular formula is C19H16ClN7S3. The summed E-state index contributed by atoms with van der Waals surface area (Å²) in [5.74, 6) is 1.61. The fraction of sp³-hybridized carbons (Fsp3) is 0.105. The molecule has 4 aromatic rings. The standard InChI is InChI=1S/C19H16ClN7S3/c1-11-4-2-3-5-14(11)22-17-24-15(23-16(21)25-17)10-29-18-26-27(19(28)30-18)13-8-6-12(20)7-9-13/h2-9H,10H2,1H3,(H3,21,22,23,24,25). The van der Waals surface area contributed by atoms with Gasteiger partial charge in [0.15, 0.2) is 8.29 Å². The van der Waals surface area contributed by atoms with Gasteiger partial charge in [-0.05, 0) is 55.0 Å². The van der Waals surface area contributed by atoms with E-state index in [1.807, 2.05) is 43.3 Å². The third kappa shape index (κ3) is 4.96. The zero-order valence-corrected chi connectivity index (χ0v) is 18.9. The van der Waals surface area contributed by atoms with Gasteiger partial charge in [0, 0.05) is 10.7 Å². The highest BCUT2D eigenvalue weighted by Crippen LogP contribution is 2.27. The van der Waals surface area contributed by atoms with E-state index in [1.54, 1.807) is 16.8 Å². The van der Waals surface area contributed by atoms with Crippen LogP contribution in [0.5, 0.6) is 0 Å². The van der Waals surface area contributed by atoms with E-state index >= 15 is 0 Å². The number of para-hydroxylation sites is 1. The van der Waals surface area contributed by atoms with Gasteiger partial charge < -0.3 is 11.1 Å². The Hall–Kier alpha value is -2.53. The Labute approximate surface area is 191 Å². The molecule has 0 amide bonds. The lowest BCUT2D eigenvalue weighted by molar-refractivity contribution is 0.829. The maximum absolute atomic E-state index is 5.96. The summed E-state index contributed by atoms with van der Waals surface area (Å²) in [7, 11) is 0. The fourth-order valence-electron chi connectivity index (χ4n) is 2.58.